The van der Waals surface area contributed by atoms with Crippen LogP contribution < -0.4 is 10.6 Å². The van der Waals surface area contributed by atoms with E-state index in [1.807, 2.05) is 7.05 Å². The lowest BCUT2D eigenvalue weighted by Crippen LogP contribution is -2.29. The van der Waals surface area contributed by atoms with Crippen LogP contribution in [0.5, 0.6) is 0 Å². The van der Waals surface area contributed by atoms with Crippen molar-refractivity contribution in [2.75, 3.05) is 32.5 Å². The molecule has 1 unspecified atom stereocenters. The van der Waals surface area contributed by atoms with Gasteiger partial charge in [0.15, 0.2) is 0 Å². The van der Waals surface area contributed by atoms with Crippen LogP contribution in [-0.4, -0.2) is 42.1 Å². The van der Waals surface area contributed by atoms with Crippen LogP contribution in [0.1, 0.15) is 51.2 Å². The summed E-state index contributed by atoms with van der Waals surface area (Å²) in [6.45, 7) is 9.75. The van der Waals surface area contributed by atoms with E-state index in [-0.39, 0.29) is 0 Å². The first-order valence-corrected chi connectivity index (χ1v) is 7.85. The first kappa shape index (κ1) is 16.2. The third-order valence-electron chi connectivity index (χ3n) is 3.60. The molecule has 118 valence electrons. The van der Waals surface area contributed by atoms with Crippen LogP contribution in [0, 0.1) is 5.41 Å². The monoisotopic (exact) mass is 291 g/mol. The molecular weight excluding hydrogens is 262 g/mol. The second-order valence-corrected chi connectivity index (χ2v) is 7.23. The van der Waals surface area contributed by atoms with Crippen molar-refractivity contribution in [3.05, 3.63) is 17.6 Å². The minimum atomic E-state index is 0.295. The Balaban J connectivity index is 2.12. The number of anilines is 1. The lowest BCUT2D eigenvalue weighted by Gasteiger charge is -2.26. The molecule has 5 nitrogen and oxygen atoms in total. The van der Waals surface area contributed by atoms with Gasteiger partial charge in [0.2, 0.25) is 0 Å². The highest BCUT2D eigenvalue weighted by atomic mass is 15.1. The summed E-state index contributed by atoms with van der Waals surface area (Å²) in [5.74, 6) is 1.84. The van der Waals surface area contributed by atoms with Gasteiger partial charge in [-0.25, -0.2) is 9.97 Å². The molecule has 0 saturated carbocycles. The summed E-state index contributed by atoms with van der Waals surface area (Å²) in [5, 5.41) is 6.63. The van der Waals surface area contributed by atoms with Gasteiger partial charge in [0.1, 0.15) is 11.6 Å². The zero-order valence-electron chi connectivity index (χ0n) is 14.0. The molecule has 1 fully saturated rings. The van der Waals surface area contributed by atoms with Crippen molar-refractivity contribution >= 4 is 5.82 Å². The highest BCUT2D eigenvalue weighted by molar-refractivity contribution is 5.35. The van der Waals surface area contributed by atoms with E-state index in [0.717, 1.165) is 43.4 Å². The lowest BCUT2D eigenvalue weighted by molar-refractivity contribution is 0.218. The molecule has 1 aromatic heterocycles. The van der Waals surface area contributed by atoms with Gasteiger partial charge in [-0.3, -0.25) is 0 Å². The smallest absolute Gasteiger partial charge is 0.147 e. The van der Waals surface area contributed by atoms with Crippen molar-refractivity contribution in [2.24, 2.45) is 5.41 Å². The molecule has 5 heteroatoms. The first-order valence-electron chi connectivity index (χ1n) is 7.85. The van der Waals surface area contributed by atoms with Crippen LogP contribution in [0.25, 0.3) is 0 Å². The fraction of sp³-hybridized carbons (Fsp3) is 0.750. The number of hydrogen-bond donors (Lipinski definition) is 2. The van der Waals surface area contributed by atoms with E-state index in [2.05, 4.69) is 54.4 Å². The van der Waals surface area contributed by atoms with Gasteiger partial charge in [0, 0.05) is 26.2 Å². The third-order valence-corrected chi connectivity index (χ3v) is 3.60. The predicted octanol–water partition coefficient (Wildman–Crippen LogP) is 2.42. The van der Waals surface area contributed by atoms with Crippen molar-refractivity contribution in [3.63, 3.8) is 0 Å². The van der Waals surface area contributed by atoms with E-state index in [0.29, 0.717) is 11.5 Å². The van der Waals surface area contributed by atoms with Crippen LogP contribution in [0.15, 0.2) is 6.07 Å². The maximum Gasteiger partial charge on any atom is 0.147 e. The fourth-order valence-electron chi connectivity index (χ4n) is 2.93. The summed E-state index contributed by atoms with van der Waals surface area (Å²) in [7, 11) is 4.07. The lowest BCUT2D eigenvalue weighted by atomic mass is 9.96. The molecule has 0 bridgehead atoms. The molecule has 0 aliphatic carbocycles. The summed E-state index contributed by atoms with van der Waals surface area (Å²) in [6, 6.07) is 2.36. The van der Waals surface area contributed by atoms with Gasteiger partial charge in [-0.2, -0.15) is 0 Å². The average molecular weight is 291 g/mol. The van der Waals surface area contributed by atoms with Gasteiger partial charge in [-0.1, -0.05) is 20.8 Å². The van der Waals surface area contributed by atoms with Crippen LogP contribution in [0.2, 0.25) is 0 Å². The largest absolute Gasteiger partial charge is 0.373 e. The van der Waals surface area contributed by atoms with Crippen LogP contribution >= 0.6 is 0 Å². The maximum absolute atomic E-state index is 4.78. The van der Waals surface area contributed by atoms with E-state index < -0.39 is 0 Å². The summed E-state index contributed by atoms with van der Waals surface area (Å²) in [5.41, 5.74) is 1.38. The van der Waals surface area contributed by atoms with Gasteiger partial charge in [-0.05, 0) is 31.8 Å². The first-order chi connectivity index (χ1) is 9.87. The standard InChI is InChI=1S/C16H29N5/c1-16(2,3)11-21(5)10-12-9-14(17-4)20-15(19-12)13-7-6-8-18-13/h9,13,18H,6-8,10-11H2,1-5H3,(H,17,19,20). The Bertz CT molecular complexity index is 460. The van der Waals surface area contributed by atoms with Crippen LogP contribution in [0.3, 0.4) is 0 Å². The number of nitrogens with one attached hydrogen (secondary N) is 2. The number of rotatable bonds is 5. The zero-order valence-corrected chi connectivity index (χ0v) is 14.0. The van der Waals surface area contributed by atoms with E-state index in [1.165, 1.54) is 6.42 Å². The van der Waals surface area contributed by atoms with Crippen LogP contribution in [-0.2, 0) is 6.54 Å². The van der Waals surface area contributed by atoms with Gasteiger partial charge in [0.25, 0.3) is 0 Å². The van der Waals surface area contributed by atoms with Crippen molar-refractivity contribution in [1.82, 2.24) is 20.2 Å². The van der Waals surface area contributed by atoms with Crippen LogP contribution in [0.4, 0.5) is 5.82 Å². The van der Waals surface area contributed by atoms with Gasteiger partial charge >= 0.3 is 0 Å². The van der Waals surface area contributed by atoms with E-state index >= 15 is 0 Å². The highest BCUT2D eigenvalue weighted by Gasteiger charge is 2.21. The Hall–Kier alpha value is -1.20. The molecule has 0 spiro atoms. The Labute approximate surface area is 128 Å². The SMILES string of the molecule is CNc1cc(CN(C)CC(C)(C)C)nc(C2CCCN2)n1. The summed E-state index contributed by atoms with van der Waals surface area (Å²) >= 11 is 0. The summed E-state index contributed by atoms with van der Waals surface area (Å²) < 4.78 is 0. The van der Waals surface area contributed by atoms with Crippen molar-refractivity contribution in [3.8, 4) is 0 Å². The second-order valence-electron chi connectivity index (χ2n) is 7.23. The topological polar surface area (TPSA) is 53.1 Å². The highest BCUT2D eigenvalue weighted by Crippen LogP contribution is 2.22. The molecule has 1 atom stereocenters. The fourth-order valence-corrected chi connectivity index (χ4v) is 2.93. The molecule has 1 aromatic rings. The number of aromatic nitrogens is 2. The normalized spacial score (nSPS) is 19.2. The molecule has 0 aromatic carbocycles. The molecule has 0 radical (unpaired) electrons. The van der Waals surface area contributed by atoms with Gasteiger partial charge < -0.3 is 15.5 Å². The third kappa shape index (κ3) is 4.93. The van der Waals surface area contributed by atoms with Crippen molar-refractivity contribution in [2.45, 2.75) is 46.2 Å². The quantitative estimate of drug-likeness (QED) is 0.872. The van der Waals surface area contributed by atoms with E-state index in [4.69, 9.17) is 4.98 Å². The minimum Gasteiger partial charge on any atom is -0.373 e. The number of nitrogens with zero attached hydrogens (tertiary/aromatic N) is 3. The Morgan fingerprint density at radius 1 is 1.38 bits per heavy atom. The zero-order chi connectivity index (χ0) is 15.5. The van der Waals surface area contributed by atoms with Gasteiger partial charge in [0.05, 0.1) is 11.7 Å². The molecule has 1 aliphatic heterocycles. The van der Waals surface area contributed by atoms with Crippen molar-refractivity contribution < 1.29 is 0 Å². The predicted molar refractivity (Wildman–Crippen MR) is 87.3 cm³/mol. The molecule has 2 heterocycles. The summed E-state index contributed by atoms with van der Waals surface area (Å²) in [6.07, 6.45) is 2.33. The van der Waals surface area contributed by atoms with Gasteiger partial charge in [-0.15, -0.1) is 0 Å². The molecular formula is C16H29N5. The second kappa shape index (κ2) is 6.71. The van der Waals surface area contributed by atoms with E-state index in [9.17, 15) is 0 Å². The average Bonchev–Trinajstić information content (AvgIpc) is 2.89. The number of hydrogen-bond acceptors (Lipinski definition) is 5. The molecule has 21 heavy (non-hydrogen) atoms. The maximum atomic E-state index is 4.78. The molecule has 1 saturated heterocycles. The Morgan fingerprint density at radius 3 is 2.71 bits per heavy atom. The molecule has 1 aliphatic rings. The minimum absolute atomic E-state index is 0.295. The molecule has 2 rings (SSSR count). The summed E-state index contributed by atoms with van der Waals surface area (Å²) in [4.78, 5) is 11.7. The van der Waals surface area contributed by atoms with E-state index in [1.54, 1.807) is 0 Å². The Kier molecular flexibility index (Phi) is 5.17. The Morgan fingerprint density at radius 2 is 2.14 bits per heavy atom. The molecule has 0 amide bonds. The molecule has 2 N–H and O–H groups in total. The van der Waals surface area contributed by atoms with Crippen molar-refractivity contribution in [1.29, 1.82) is 0 Å².